The van der Waals surface area contributed by atoms with Crippen LogP contribution in [-0.4, -0.2) is 45.0 Å². The van der Waals surface area contributed by atoms with Crippen LogP contribution in [0.3, 0.4) is 0 Å². The Bertz CT molecular complexity index is 576. The molecule has 20 heavy (non-hydrogen) atoms. The van der Waals surface area contributed by atoms with E-state index in [-0.39, 0.29) is 12.0 Å². The molecule has 0 aliphatic carbocycles. The average Bonchev–Trinajstić information content (AvgIpc) is 2.97. The number of ether oxygens (including phenoxy) is 1. The number of nitrogens with zero attached hydrogens (tertiary/aromatic N) is 4. The Kier molecular flexibility index (Phi) is 3.54. The summed E-state index contributed by atoms with van der Waals surface area (Å²) in [4.78, 5) is 26.0. The van der Waals surface area contributed by atoms with Gasteiger partial charge in [0.25, 0.3) is 5.91 Å². The Morgan fingerprint density at radius 1 is 1.20 bits per heavy atom. The summed E-state index contributed by atoms with van der Waals surface area (Å²) in [6, 6.07) is 5.53. The Morgan fingerprint density at radius 2 is 1.95 bits per heavy atom. The molecule has 1 aliphatic heterocycles. The Balaban J connectivity index is 1.61. The molecule has 1 fully saturated rings. The van der Waals surface area contributed by atoms with Crippen LogP contribution < -0.4 is 4.74 Å². The predicted molar refractivity (Wildman–Crippen MR) is 71.2 cm³/mol. The highest BCUT2D eigenvalue weighted by Gasteiger charge is 2.28. The standard InChI is InChI=1S/C14H14N4O2/c19-13(11-2-7-15-8-3-11)18-9-4-12(10-18)20-14-16-5-1-6-17-14/h1-3,5-8,12H,4,9-10H2/t12-/m0/s1. The van der Waals surface area contributed by atoms with E-state index >= 15 is 0 Å². The van der Waals surface area contributed by atoms with Crippen molar-refractivity contribution in [1.82, 2.24) is 19.9 Å². The van der Waals surface area contributed by atoms with Crippen molar-refractivity contribution in [3.05, 3.63) is 48.5 Å². The van der Waals surface area contributed by atoms with Crippen LogP contribution in [0.4, 0.5) is 0 Å². The number of hydrogen-bond donors (Lipinski definition) is 0. The third-order valence-corrected chi connectivity index (χ3v) is 3.17. The van der Waals surface area contributed by atoms with Crippen LogP contribution in [0.2, 0.25) is 0 Å². The first-order chi connectivity index (χ1) is 9.83. The zero-order chi connectivity index (χ0) is 13.8. The molecule has 6 heteroatoms. The van der Waals surface area contributed by atoms with Crippen LogP contribution in [0.5, 0.6) is 6.01 Å². The van der Waals surface area contributed by atoms with Gasteiger partial charge < -0.3 is 9.64 Å². The van der Waals surface area contributed by atoms with Gasteiger partial charge in [-0.05, 0) is 18.2 Å². The van der Waals surface area contributed by atoms with E-state index in [9.17, 15) is 4.79 Å². The van der Waals surface area contributed by atoms with Crippen LogP contribution in [0, 0.1) is 0 Å². The summed E-state index contributed by atoms with van der Waals surface area (Å²) in [7, 11) is 0. The molecule has 0 saturated carbocycles. The van der Waals surface area contributed by atoms with E-state index < -0.39 is 0 Å². The first kappa shape index (κ1) is 12.5. The van der Waals surface area contributed by atoms with E-state index in [0.29, 0.717) is 24.7 Å². The van der Waals surface area contributed by atoms with E-state index in [1.807, 2.05) is 0 Å². The number of carbonyl (C=O) groups excluding carboxylic acids is 1. The summed E-state index contributed by atoms with van der Waals surface area (Å²) >= 11 is 0. The number of likely N-dealkylation sites (tertiary alicyclic amines) is 1. The molecular formula is C14H14N4O2. The zero-order valence-corrected chi connectivity index (χ0v) is 10.8. The van der Waals surface area contributed by atoms with Crippen molar-refractivity contribution in [3.63, 3.8) is 0 Å². The van der Waals surface area contributed by atoms with Gasteiger partial charge in [-0.1, -0.05) is 0 Å². The van der Waals surface area contributed by atoms with Crippen molar-refractivity contribution in [2.45, 2.75) is 12.5 Å². The van der Waals surface area contributed by atoms with Gasteiger partial charge in [0.2, 0.25) is 0 Å². The van der Waals surface area contributed by atoms with Crippen molar-refractivity contribution >= 4 is 5.91 Å². The lowest BCUT2D eigenvalue weighted by Gasteiger charge is -2.16. The molecule has 0 radical (unpaired) electrons. The van der Waals surface area contributed by atoms with Gasteiger partial charge >= 0.3 is 6.01 Å². The molecule has 3 heterocycles. The topological polar surface area (TPSA) is 68.2 Å². The lowest BCUT2D eigenvalue weighted by atomic mass is 10.2. The lowest BCUT2D eigenvalue weighted by molar-refractivity contribution is 0.0769. The summed E-state index contributed by atoms with van der Waals surface area (Å²) in [5.74, 6) is 0.00693. The van der Waals surface area contributed by atoms with Crippen molar-refractivity contribution in [2.75, 3.05) is 13.1 Å². The highest BCUT2D eigenvalue weighted by Crippen LogP contribution is 2.16. The van der Waals surface area contributed by atoms with Crippen molar-refractivity contribution in [2.24, 2.45) is 0 Å². The normalized spacial score (nSPS) is 18.0. The minimum absolute atomic E-state index is 0.00693. The molecule has 1 atom stereocenters. The molecule has 2 aromatic rings. The monoisotopic (exact) mass is 270 g/mol. The Morgan fingerprint density at radius 3 is 2.70 bits per heavy atom. The average molecular weight is 270 g/mol. The highest BCUT2D eigenvalue weighted by molar-refractivity contribution is 5.94. The fourth-order valence-corrected chi connectivity index (χ4v) is 2.18. The summed E-state index contributed by atoms with van der Waals surface area (Å²) in [6.07, 6.45) is 7.25. The van der Waals surface area contributed by atoms with Gasteiger partial charge in [-0.2, -0.15) is 0 Å². The van der Waals surface area contributed by atoms with Crippen molar-refractivity contribution < 1.29 is 9.53 Å². The SMILES string of the molecule is O=C(c1ccncc1)N1CC[C@H](Oc2ncccn2)C1. The van der Waals surface area contributed by atoms with Gasteiger partial charge in [0.05, 0.1) is 6.54 Å². The number of amides is 1. The van der Waals surface area contributed by atoms with Crippen LogP contribution >= 0.6 is 0 Å². The largest absolute Gasteiger partial charge is 0.458 e. The van der Waals surface area contributed by atoms with Crippen LogP contribution in [0.25, 0.3) is 0 Å². The summed E-state index contributed by atoms with van der Waals surface area (Å²) in [5.41, 5.74) is 0.650. The number of pyridine rings is 1. The molecule has 1 saturated heterocycles. The summed E-state index contributed by atoms with van der Waals surface area (Å²) in [6.45, 7) is 1.23. The molecule has 102 valence electrons. The van der Waals surface area contributed by atoms with Crippen LogP contribution in [-0.2, 0) is 0 Å². The second-order valence-corrected chi connectivity index (χ2v) is 4.55. The zero-order valence-electron chi connectivity index (χ0n) is 10.8. The van der Waals surface area contributed by atoms with Crippen molar-refractivity contribution in [3.8, 4) is 6.01 Å². The van der Waals surface area contributed by atoms with E-state index in [1.54, 1.807) is 47.9 Å². The quantitative estimate of drug-likeness (QED) is 0.837. The molecule has 3 rings (SSSR count). The van der Waals surface area contributed by atoms with Crippen LogP contribution in [0.1, 0.15) is 16.8 Å². The van der Waals surface area contributed by atoms with Crippen LogP contribution in [0.15, 0.2) is 43.0 Å². The molecule has 0 aromatic carbocycles. The molecule has 2 aromatic heterocycles. The third kappa shape index (κ3) is 2.74. The second kappa shape index (κ2) is 5.64. The maximum Gasteiger partial charge on any atom is 0.316 e. The lowest BCUT2D eigenvalue weighted by Crippen LogP contribution is -2.31. The molecule has 0 N–H and O–H groups in total. The number of rotatable bonds is 3. The maximum atomic E-state index is 12.3. The number of aromatic nitrogens is 3. The first-order valence-electron chi connectivity index (χ1n) is 6.46. The molecule has 0 bridgehead atoms. The van der Waals surface area contributed by atoms with E-state index in [2.05, 4.69) is 15.0 Å². The summed E-state index contributed by atoms with van der Waals surface area (Å²) in [5, 5.41) is 0. The van der Waals surface area contributed by atoms with E-state index in [1.165, 1.54) is 0 Å². The minimum atomic E-state index is -0.0526. The van der Waals surface area contributed by atoms with Gasteiger partial charge in [0.15, 0.2) is 0 Å². The van der Waals surface area contributed by atoms with Gasteiger partial charge in [0, 0.05) is 43.3 Å². The Labute approximate surface area is 116 Å². The molecule has 6 nitrogen and oxygen atoms in total. The molecule has 1 amide bonds. The fraction of sp³-hybridized carbons (Fsp3) is 0.286. The maximum absolute atomic E-state index is 12.3. The van der Waals surface area contributed by atoms with Gasteiger partial charge in [-0.25, -0.2) is 9.97 Å². The minimum Gasteiger partial charge on any atom is -0.458 e. The molecular weight excluding hydrogens is 256 g/mol. The van der Waals surface area contributed by atoms with Gasteiger partial charge in [-0.15, -0.1) is 0 Å². The smallest absolute Gasteiger partial charge is 0.316 e. The van der Waals surface area contributed by atoms with Gasteiger partial charge in [0.1, 0.15) is 6.10 Å². The fourth-order valence-electron chi connectivity index (χ4n) is 2.18. The molecule has 0 spiro atoms. The molecule has 1 aliphatic rings. The summed E-state index contributed by atoms with van der Waals surface area (Å²) < 4.78 is 5.66. The second-order valence-electron chi connectivity index (χ2n) is 4.55. The Hall–Kier alpha value is -2.50. The predicted octanol–water partition coefficient (Wildman–Crippen LogP) is 1.17. The first-order valence-corrected chi connectivity index (χ1v) is 6.46. The van der Waals surface area contributed by atoms with Gasteiger partial charge in [-0.3, -0.25) is 9.78 Å². The van der Waals surface area contributed by atoms with Crippen molar-refractivity contribution in [1.29, 1.82) is 0 Å². The van der Waals surface area contributed by atoms with E-state index in [4.69, 9.17) is 4.74 Å². The number of hydrogen-bond acceptors (Lipinski definition) is 5. The third-order valence-electron chi connectivity index (χ3n) is 3.17. The molecule has 0 unspecified atom stereocenters. The van der Waals surface area contributed by atoms with E-state index in [0.717, 1.165) is 6.42 Å². The highest BCUT2D eigenvalue weighted by atomic mass is 16.5. The number of carbonyl (C=O) groups is 1.